The van der Waals surface area contributed by atoms with E-state index in [4.69, 9.17) is 0 Å². The summed E-state index contributed by atoms with van der Waals surface area (Å²) in [5.74, 6) is -0.428. The summed E-state index contributed by atoms with van der Waals surface area (Å²) >= 11 is 0. The van der Waals surface area contributed by atoms with Crippen LogP contribution in [0, 0.1) is 12.8 Å². The van der Waals surface area contributed by atoms with Gasteiger partial charge in [0.25, 0.3) is 5.91 Å². The standard InChI is InChI=1S/C16H18N4O3.C16H31N.C2H2.CH4/c1-3-6-13(9-17-10-21)20-16(23)12(2)19-15-8-5-4-7-14(15)18-11-22;1-3-9-15-13-12-14(2)17(15)16-10-7-5-4-6-8-11-16;1-2;/h3-11H,1-2H3,(H,17,21)(H,18,22)(H,20,23);14-16H,3-13H2,1-2H3;1-2H;1H4/b6-3-,13-9+,19-12?;;;. The van der Waals surface area contributed by atoms with Gasteiger partial charge in [0.2, 0.25) is 12.8 Å². The largest absolute Gasteiger partial charge is 0.333 e. The second-order valence-corrected chi connectivity index (χ2v) is 10.6. The monoisotopic (exact) mass is 593 g/mol. The van der Waals surface area contributed by atoms with Crippen LogP contribution < -0.4 is 16.0 Å². The van der Waals surface area contributed by atoms with Crippen molar-refractivity contribution in [3.8, 4) is 12.8 Å². The van der Waals surface area contributed by atoms with Gasteiger partial charge in [-0.2, -0.15) is 0 Å². The van der Waals surface area contributed by atoms with Crippen LogP contribution in [0.5, 0.6) is 0 Å². The summed E-state index contributed by atoms with van der Waals surface area (Å²) in [6.45, 7) is 8.14. The fourth-order valence-electron chi connectivity index (χ4n) is 5.75. The number of nitrogens with zero attached hydrogens (tertiary/aromatic N) is 2. The lowest BCUT2D eigenvalue weighted by Gasteiger charge is -2.37. The molecule has 238 valence electrons. The summed E-state index contributed by atoms with van der Waals surface area (Å²) < 4.78 is 0. The Morgan fingerprint density at radius 2 is 1.67 bits per heavy atom. The van der Waals surface area contributed by atoms with E-state index in [1.807, 2.05) is 0 Å². The average Bonchev–Trinajstić information content (AvgIpc) is 3.34. The molecule has 2 aliphatic rings. The Balaban J connectivity index is 0.000000784. The highest BCUT2D eigenvalue weighted by atomic mass is 16.2. The summed E-state index contributed by atoms with van der Waals surface area (Å²) in [6, 6.07) is 9.55. The van der Waals surface area contributed by atoms with Crippen LogP contribution in [0.3, 0.4) is 0 Å². The molecule has 1 saturated carbocycles. The smallest absolute Gasteiger partial charge is 0.269 e. The molecule has 1 heterocycles. The molecule has 1 aromatic carbocycles. The molecule has 0 bridgehead atoms. The van der Waals surface area contributed by atoms with Crippen molar-refractivity contribution >= 4 is 35.8 Å². The number of terminal acetylenes is 1. The molecule has 2 atom stereocenters. The van der Waals surface area contributed by atoms with Crippen molar-refractivity contribution in [2.75, 3.05) is 5.32 Å². The van der Waals surface area contributed by atoms with Gasteiger partial charge in [-0.05, 0) is 71.1 Å². The Hall–Kier alpha value is -3.70. The summed E-state index contributed by atoms with van der Waals surface area (Å²) in [5, 5.41) is 7.49. The number of likely N-dealkylation sites (tertiary alicyclic amines) is 1. The van der Waals surface area contributed by atoms with Gasteiger partial charge in [0.15, 0.2) is 0 Å². The zero-order valence-electron chi connectivity index (χ0n) is 26.0. The number of benzene rings is 1. The van der Waals surface area contributed by atoms with Crippen LogP contribution in [-0.4, -0.2) is 47.5 Å². The van der Waals surface area contributed by atoms with Gasteiger partial charge in [0.1, 0.15) is 5.71 Å². The maximum atomic E-state index is 12.1. The quantitative estimate of drug-likeness (QED) is 0.109. The molecule has 2 fully saturated rings. The highest BCUT2D eigenvalue weighted by Gasteiger charge is 2.34. The summed E-state index contributed by atoms with van der Waals surface area (Å²) in [6.07, 6.45) is 29.8. The van der Waals surface area contributed by atoms with Gasteiger partial charge in [-0.25, -0.2) is 4.99 Å². The molecule has 3 N–H and O–H groups in total. The number of hydrogen-bond donors (Lipinski definition) is 3. The Labute approximate surface area is 260 Å². The van der Waals surface area contributed by atoms with Gasteiger partial charge in [0.05, 0.1) is 17.1 Å². The van der Waals surface area contributed by atoms with Crippen LogP contribution in [0.1, 0.15) is 106 Å². The zero-order chi connectivity index (χ0) is 31.2. The summed E-state index contributed by atoms with van der Waals surface area (Å²) in [4.78, 5) is 40.2. The van der Waals surface area contributed by atoms with E-state index in [1.54, 1.807) is 50.3 Å². The zero-order valence-corrected chi connectivity index (χ0v) is 26.0. The highest BCUT2D eigenvalue weighted by molar-refractivity contribution is 6.38. The van der Waals surface area contributed by atoms with Gasteiger partial charge in [0, 0.05) is 24.3 Å². The van der Waals surface area contributed by atoms with Gasteiger partial charge in [-0.1, -0.05) is 71.1 Å². The lowest BCUT2D eigenvalue weighted by molar-refractivity contribution is -0.114. The third kappa shape index (κ3) is 14.4. The Morgan fingerprint density at radius 3 is 2.28 bits per heavy atom. The van der Waals surface area contributed by atoms with Gasteiger partial charge < -0.3 is 16.0 Å². The Bertz CT molecular complexity index is 1050. The Kier molecular flexibility index (Phi) is 21.8. The van der Waals surface area contributed by atoms with Gasteiger partial charge >= 0.3 is 0 Å². The van der Waals surface area contributed by atoms with Crippen LogP contribution in [0.15, 0.2) is 53.3 Å². The second kappa shape index (κ2) is 23.8. The number of amides is 3. The number of anilines is 1. The lowest BCUT2D eigenvalue weighted by Crippen LogP contribution is -2.43. The number of allylic oxidation sites excluding steroid dienone is 2. The molecule has 0 aromatic heterocycles. The molecule has 0 spiro atoms. The van der Waals surface area contributed by atoms with Crippen molar-refractivity contribution in [1.29, 1.82) is 0 Å². The van der Waals surface area contributed by atoms with Crippen molar-refractivity contribution in [3.05, 3.63) is 48.3 Å². The molecule has 1 aliphatic carbocycles. The highest BCUT2D eigenvalue weighted by Crippen LogP contribution is 2.33. The number of carbonyl (C=O) groups excluding carboxylic acids is 3. The maximum Gasteiger partial charge on any atom is 0.269 e. The number of rotatable bonds is 11. The summed E-state index contributed by atoms with van der Waals surface area (Å²) in [5.41, 5.74) is 1.58. The minimum absolute atomic E-state index is 0. The average molecular weight is 594 g/mol. The predicted molar refractivity (Wildman–Crippen MR) is 181 cm³/mol. The SMILES string of the molecule is C.C#C.C/C=C\C(=C/NC=O)NC(=O)C(C)=Nc1ccccc1NC=O.CCCC1CCC(C)N1C1CCCCCCC1. The molecule has 3 rings (SSSR count). The van der Waals surface area contributed by atoms with Crippen LogP contribution in [0.4, 0.5) is 11.4 Å². The first-order chi connectivity index (χ1) is 20.4. The molecule has 1 aromatic rings. The fourth-order valence-corrected chi connectivity index (χ4v) is 5.75. The fraction of sp³-hybridized carbons (Fsp3) is 0.543. The van der Waals surface area contributed by atoms with Crippen molar-refractivity contribution in [3.63, 3.8) is 0 Å². The molecular formula is C35H55N5O3. The topological polar surface area (TPSA) is 103 Å². The minimum atomic E-state index is -0.428. The molecule has 1 aliphatic heterocycles. The van der Waals surface area contributed by atoms with Gasteiger partial charge in [-0.15, -0.1) is 12.8 Å². The minimum Gasteiger partial charge on any atom is -0.333 e. The predicted octanol–water partition coefficient (Wildman–Crippen LogP) is 7.26. The van der Waals surface area contributed by atoms with E-state index >= 15 is 0 Å². The molecular weight excluding hydrogens is 538 g/mol. The first-order valence-electron chi connectivity index (χ1n) is 15.2. The molecule has 3 amide bonds. The van der Waals surface area contributed by atoms with E-state index in [0.717, 1.165) is 18.1 Å². The first kappa shape index (κ1) is 39.3. The van der Waals surface area contributed by atoms with Crippen LogP contribution >= 0.6 is 0 Å². The van der Waals surface area contributed by atoms with E-state index in [0.29, 0.717) is 29.9 Å². The van der Waals surface area contributed by atoms with Crippen LogP contribution in [0.25, 0.3) is 0 Å². The number of nitrogens with one attached hydrogen (secondary N) is 3. The Morgan fingerprint density at radius 1 is 1.02 bits per heavy atom. The van der Waals surface area contributed by atoms with Crippen LogP contribution in [-0.2, 0) is 14.4 Å². The van der Waals surface area contributed by atoms with Gasteiger partial charge in [-0.3, -0.25) is 19.3 Å². The van der Waals surface area contributed by atoms with E-state index < -0.39 is 5.91 Å². The maximum absolute atomic E-state index is 12.1. The summed E-state index contributed by atoms with van der Waals surface area (Å²) in [7, 11) is 0. The number of aliphatic imine (C=N–C) groups is 1. The van der Waals surface area contributed by atoms with Crippen molar-refractivity contribution in [2.45, 2.75) is 124 Å². The first-order valence-corrected chi connectivity index (χ1v) is 15.2. The van der Waals surface area contributed by atoms with E-state index in [1.165, 1.54) is 76.8 Å². The molecule has 1 saturated heterocycles. The van der Waals surface area contributed by atoms with E-state index in [-0.39, 0.29) is 13.1 Å². The number of para-hydroxylation sites is 2. The third-order valence-electron chi connectivity index (χ3n) is 7.61. The molecule has 8 heteroatoms. The molecule has 8 nitrogen and oxygen atoms in total. The normalized spacial score (nSPS) is 19.7. The van der Waals surface area contributed by atoms with Crippen molar-refractivity contribution in [2.24, 2.45) is 4.99 Å². The molecule has 0 radical (unpaired) electrons. The number of carbonyl (C=O) groups is 3. The molecule has 2 unspecified atom stereocenters. The number of hydrogen-bond acceptors (Lipinski definition) is 5. The van der Waals surface area contributed by atoms with Crippen molar-refractivity contribution < 1.29 is 14.4 Å². The van der Waals surface area contributed by atoms with Crippen LogP contribution in [0.2, 0.25) is 0 Å². The lowest BCUT2D eigenvalue weighted by atomic mass is 9.94. The third-order valence-corrected chi connectivity index (χ3v) is 7.61. The second-order valence-electron chi connectivity index (χ2n) is 10.6. The van der Waals surface area contributed by atoms with Crippen molar-refractivity contribution in [1.82, 2.24) is 15.5 Å². The van der Waals surface area contributed by atoms with E-state index in [9.17, 15) is 14.4 Å². The van der Waals surface area contributed by atoms with E-state index in [2.05, 4.69) is 52.5 Å². The molecule has 43 heavy (non-hydrogen) atoms.